The van der Waals surface area contributed by atoms with E-state index < -0.39 is 0 Å². The minimum atomic E-state index is 0.842. The maximum Gasteiger partial charge on any atom is 0.0854 e. The Bertz CT molecular complexity index is 1060. The fraction of sp³-hybridized carbons (Fsp3) is 0.250. The van der Waals surface area contributed by atoms with Crippen molar-refractivity contribution < 1.29 is 4.74 Å². The second kappa shape index (κ2) is 11.4. The summed E-state index contributed by atoms with van der Waals surface area (Å²) in [6.07, 6.45) is 22.8. The summed E-state index contributed by atoms with van der Waals surface area (Å²) >= 11 is 0. The SMILES string of the molecule is C=C\C(=C/C=C/C=C/c1cc(/C=C/c2ccc3c(c2)CC=C3)n[nH]1)CCN1CCOCC1. The molecule has 0 unspecified atom stereocenters. The quantitative estimate of drug-likeness (QED) is 0.535. The van der Waals surface area contributed by atoms with E-state index in [1.807, 2.05) is 36.4 Å². The van der Waals surface area contributed by atoms with Gasteiger partial charge in [0.05, 0.1) is 24.6 Å². The Balaban J connectivity index is 1.26. The number of nitrogens with one attached hydrogen (secondary N) is 1. The van der Waals surface area contributed by atoms with Crippen molar-refractivity contribution in [1.29, 1.82) is 0 Å². The Labute approximate surface area is 191 Å². The van der Waals surface area contributed by atoms with Crippen molar-refractivity contribution >= 4 is 24.3 Å². The van der Waals surface area contributed by atoms with Crippen molar-refractivity contribution in [2.75, 3.05) is 32.8 Å². The molecule has 1 saturated heterocycles. The monoisotopic (exact) mass is 425 g/mol. The van der Waals surface area contributed by atoms with Crippen molar-refractivity contribution in [3.63, 3.8) is 0 Å². The van der Waals surface area contributed by atoms with Crippen LogP contribution in [0.5, 0.6) is 0 Å². The summed E-state index contributed by atoms with van der Waals surface area (Å²) in [7, 11) is 0. The first-order chi connectivity index (χ1) is 15.8. The van der Waals surface area contributed by atoms with Gasteiger partial charge in [0.15, 0.2) is 0 Å². The van der Waals surface area contributed by atoms with Crippen LogP contribution in [0.2, 0.25) is 0 Å². The van der Waals surface area contributed by atoms with Gasteiger partial charge in [-0.2, -0.15) is 5.10 Å². The first-order valence-corrected chi connectivity index (χ1v) is 11.3. The third-order valence-corrected chi connectivity index (χ3v) is 5.76. The molecule has 4 rings (SSSR count). The maximum atomic E-state index is 5.40. The van der Waals surface area contributed by atoms with Crippen molar-refractivity contribution in [2.45, 2.75) is 12.8 Å². The molecule has 0 radical (unpaired) electrons. The highest BCUT2D eigenvalue weighted by molar-refractivity contribution is 5.71. The molecular weight excluding hydrogens is 394 g/mol. The van der Waals surface area contributed by atoms with Gasteiger partial charge in [-0.15, -0.1) is 0 Å². The maximum absolute atomic E-state index is 5.40. The number of rotatable bonds is 9. The number of benzene rings is 1. The first kappa shape index (κ1) is 22.0. The standard InChI is InChI=1S/C28H31N3O/c1-2-23(15-16-31-17-19-32-20-18-31)7-4-3-5-10-27-22-28(30-29-27)14-12-24-11-13-25-8-6-9-26(25)21-24/h2-8,10-14,21-22H,1,9,15-20H2,(H,29,30)/b4-3+,10-5+,14-12+,23-7+. The predicted molar refractivity (Wildman–Crippen MR) is 135 cm³/mol. The lowest BCUT2D eigenvalue weighted by molar-refractivity contribution is 0.0385. The third kappa shape index (κ3) is 6.39. The minimum Gasteiger partial charge on any atom is -0.379 e. The second-order valence-electron chi connectivity index (χ2n) is 8.04. The van der Waals surface area contributed by atoms with Crippen molar-refractivity contribution in [3.05, 3.63) is 101 Å². The van der Waals surface area contributed by atoms with E-state index in [0.717, 1.165) is 57.1 Å². The second-order valence-corrected chi connectivity index (χ2v) is 8.04. The van der Waals surface area contributed by atoms with Crippen LogP contribution >= 0.6 is 0 Å². The van der Waals surface area contributed by atoms with Crippen LogP contribution in [0, 0.1) is 0 Å². The Hall–Kier alpha value is -3.21. The normalized spacial score (nSPS) is 17.2. The van der Waals surface area contributed by atoms with Gasteiger partial charge in [0, 0.05) is 19.6 Å². The molecule has 1 fully saturated rings. The molecule has 2 aliphatic rings. The molecule has 1 N–H and O–H groups in total. The molecule has 0 spiro atoms. The molecule has 0 bridgehead atoms. The summed E-state index contributed by atoms with van der Waals surface area (Å²) in [4.78, 5) is 2.44. The van der Waals surface area contributed by atoms with Gasteiger partial charge in [0.2, 0.25) is 0 Å². The highest BCUT2D eigenvalue weighted by Crippen LogP contribution is 2.21. The van der Waals surface area contributed by atoms with E-state index in [9.17, 15) is 0 Å². The molecule has 0 atom stereocenters. The summed E-state index contributed by atoms with van der Waals surface area (Å²) in [5, 5.41) is 7.45. The third-order valence-electron chi connectivity index (χ3n) is 5.76. The van der Waals surface area contributed by atoms with Crippen LogP contribution in [0.1, 0.15) is 34.5 Å². The van der Waals surface area contributed by atoms with Crippen LogP contribution in [-0.4, -0.2) is 47.9 Å². The summed E-state index contributed by atoms with van der Waals surface area (Å²) < 4.78 is 5.40. The molecule has 2 heterocycles. The number of nitrogens with zero attached hydrogens (tertiary/aromatic N) is 2. The van der Waals surface area contributed by atoms with Crippen LogP contribution in [0.15, 0.2) is 72.9 Å². The zero-order chi connectivity index (χ0) is 22.0. The molecule has 0 saturated carbocycles. The molecule has 1 aliphatic heterocycles. The highest BCUT2D eigenvalue weighted by atomic mass is 16.5. The molecular formula is C28H31N3O. The number of hydrogen-bond donors (Lipinski definition) is 1. The number of aromatic amines is 1. The summed E-state index contributed by atoms with van der Waals surface area (Å²) in [5.74, 6) is 0. The number of morpholine rings is 1. The lowest BCUT2D eigenvalue weighted by Crippen LogP contribution is -2.36. The average Bonchev–Trinajstić information content (AvgIpc) is 3.49. The van der Waals surface area contributed by atoms with Gasteiger partial charge in [0.1, 0.15) is 0 Å². The molecule has 1 aromatic heterocycles. The van der Waals surface area contributed by atoms with Gasteiger partial charge in [-0.3, -0.25) is 10.00 Å². The number of fused-ring (bicyclic) bond motifs is 1. The van der Waals surface area contributed by atoms with Crippen LogP contribution in [0.3, 0.4) is 0 Å². The highest BCUT2D eigenvalue weighted by Gasteiger charge is 2.09. The van der Waals surface area contributed by atoms with E-state index in [2.05, 4.69) is 70.3 Å². The van der Waals surface area contributed by atoms with Gasteiger partial charge in [-0.1, -0.05) is 73.4 Å². The van der Waals surface area contributed by atoms with Gasteiger partial charge < -0.3 is 4.74 Å². The lowest BCUT2D eigenvalue weighted by Gasteiger charge is -2.26. The minimum absolute atomic E-state index is 0.842. The van der Waals surface area contributed by atoms with E-state index in [1.165, 1.54) is 22.3 Å². The summed E-state index contributed by atoms with van der Waals surface area (Å²) in [5.41, 5.74) is 7.07. The van der Waals surface area contributed by atoms with E-state index in [0.29, 0.717) is 0 Å². The summed E-state index contributed by atoms with van der Waals surface area (Å²) in [6, 6.07) is 8.62. The van der Waals surface area contributed by atoms with Crippen LogP contribution in [0.4, 0.5) is 0 Å². The van der Waals surface area contributed by atoms with Crippen molar-refractivity contribution in [2.24, 2.45) is 0 Å². The molecule has 164 valence electrons. The fourth-order valence-corrected chi connectivity index (χ4v) is 3.85. The Morgan fingerprint density at radius 1 is 1.09 bits per heavy atom. The van der Waals surface area contributed by atoms with Crippen molar-refractivity contribution in [1.82, 2.24) is 15.1 Å². The molecule has 4 heteroatoms. The van der Waals surface area contributed by atoms with Crippen LogP contribution in [-0.2, 0) is 11.2 Å². The zero-order valence-electron chi connectivity index (χ0n) is 18.5. The Kier molecular flexibility index (Phi) is 7.85. The Morgan fingerprint density at radius 3 is 2.88 bits per heavy atom. The van der Waals surface area contributed by atoms with Crippen LogP contribution < -0.4 is 0 Å². The van der Waals surface area contributed by atoms with Crippen LogP contribution in [0.25, 0.3) is 24.3 Å². The van der Waals surface area contributed by atoms with E-state index >= 15 is 0 Å². The van der Waals surface area contributed by atoms with Gasteiger partial charge in [0.25, 0.3) is 0 Å². The van der Waals surface area contributed by atoms with E-state index in [-0.39, 0.29) is 0 Å². The van der Waals surface area contributed by atoms with Gasteiger partial charge in [-0.05, 0) is 53.3 Å². The smallest absolute Gasteiger partial charge is 0.0854 e. The molecule has 4 nitrogen and oxygen atoms in total. The predicted octanol–water partition coefficient (Wildman–Crippen LogP) is 5.55. The average molecular weight is 426 g/mol. The number of hydrogen-bond acceptors (Lipinski definition) is 3. The van der Waals surface area contributed by atoms with Gasteiger partial charge in [-0.25, -0.2) is 0 Å². The summed E-state index contributed by atoms with van der Waals surface area (Å²) in [6.45, 7) is 8.73. The first-order valence-electron chi connectivity index (χ1n) is 11.3. The lowest BCUT2D eigenvalue weighted by atomic mass is 10.1. The van der Waals surface area contributed by atoms with E-state index in [1.54, 1.807) is 0 Å². The fourth-order valence-electron chi connectivity index (χ4n) is 3.85. The number of aromatic nitrogens is 2. The Morgan fingerprint density at radius 2 is 2.00 bits per heavy atom. The topological polar surface area (TPSA) is 41.2 Å². The molecule has 1 aliphatic carbocycles. The molecule has 0 amide bonds. The molecule has 2 aromatic rings. The molecule has 32 heavy (non-hydrogen) atoms. The van der Waals surface area contributed by atoms with Gasteiger partial charge >= 0.3 is 0 Å². The van der Waals surface area contributed by atoms with E-state index in [4.69, 9.17) is 4.74 Å². The zero-order valence-corrected chi connectivity index (χ0v) is 18.5. The number of H-pyrrole nitrogens is 1. The molecule has 1 aromatic carbocycles. The van der Waals surface area contributed by atoms with Crippen molar-refractivity contribution in [3.8, 4) is 0 Å². The number of ether oxygens (including phenoxy) is 1. The largest absolute Gasteiger partial charge is 0.379 e. The number of allylic oxidation sites excluding steroid dienone is 6.